The molecule has 1 aromatic carbocycles. The van der Waals surface area contributed by atoms with Gasteiger partial charge in [-0.1, -0.05) is 17.7 Å². The largest absolute Gasteiger partial charge is 0.416 e. The summed E-state index contributed by atoms with van der Waals surface area (Å²) in [6.07, 6.45) is -3.05. The maximum Gasteiger partial charge on any atom is 0.416 e. The number of hydrogen-bond acceptors (Lipinski definition) is 1. The smallest absolute Gasteiger partial charge is 0.299 e. The van der Waals surface area contributed by atoms with Gasteiger partial charge in [0.05, 0.1) is 5.56 Å². The van der Waals surface area contributed by atoms with Crippen molar-refractivity contribution in [2.45, 2.75) is 31.4 Å². The molecule has 1 aliphatic rings. The summed E-state index contributed by atoms with van der Waals surface area (Å²) >= 11 is 5.83. The summed E-state index contributed by atoms with van der Waals surface area (Å²) < 4.78 is 38.5. The van der Waals surface area contributed by atoms with E-state index in [4.69, 9.17) is 11.6 Å². The van der Waals surface area contributed by atoms with E-state index >= 15 is 0 Å². The molecule has 0 saturated heterocycles. The first-order chi connectivity index (χ1) is 7.91. The van der Waals surface area contributed by atoms with Crippen LogP contribution in [0.3, 0.4) is 0 Å². The maximum absolute atomic E-state index is 12.8. The Morgan fingerprint density at radius 1 is 1.29 bits per heavy atom. The Kier molecular flexibility index (Phi) is 3.17. The average Bonchev–Trinajstić information content (AvgIpc) is 2.62. The van der Waals surface area contributed by atoms with Crippen LogP contribution in [-0.4, -0.2) is 5.78 Å². The molecule has 0 amide bonds. The van der Waals surface area contributed by atoms with Crippen LogP contribution in [0.1, 0.15) is 36.3 Å². The van der Waals surface area contributed by atoms with E-state index in [1.807, 2.05) is 0 Å². The minimum absolute atomic E-state index is 0.0278. The molecule has 0 aromatic heterocycles. The summed E-state index contributed by atoms with van der Waals surface area (Å²) in [6.45, 7) is 0. The van der Waals surface area contributed by atoms with Crippen molar-refractivity contribution in [2.24, 2.45) is 0 Å². The third-order valence-corrected chi connectivity index (χ3v) is 3.34. The molecule has 92 valence electrons. The van der Waals surface area contributed by atoms with E-state index in [-0.39, 0.29) is 16.4 Å². The van der Waals surface area contributed by atoms with Crippen LogP contribution in [0.25, 0.3) is 0 Å². The van der Waals surface area contributed by atoms with Crippen LogP contribution >= 0.6 is 11.6 Å². The van der Waals surface area contributed by atoms with E-state index in [1.165, 1.54) is 12.1 Å². The number of carbonyl (C=O) groups excluding carboxylic acids is 1. The van der Waals surface area contributed by atoms with Gasteiger partial charge in [-0.15, -0.1) is 0 Å². The molecule has 1 nitrogen and oxygen atoms in total. The Bertz CT molecular complexity index is 454. The van der Waals surface area contributed by atoms with E-state index < -0.39 is 17.7 Å². The molecular weight excluding hydrogens is 253 g/mol. The number of rotatable bonds is 1. The van der Waals surface area contributed by atoms with E-state index in [0.29, 0.717) is 19.3 Å². The van der Waals surface area contributed by atoms with Crippen molar-refractivity contribution in [3.8, 4) is 0 Å². The van der Waals surface area contributed by atoms with Crippen molar-refractivity contribution >= 4 is 17.4 Å². The Balaban J connectivity index is 2.55. The van der Waals surface area contributed by atoms with Crippen LogP contribution in [0, 0.1) is 0 Å². The molecule has 1 fully saturated rings. The molecule has 5 heteroatoms. The minimum atomic E-state index is -4.47. The highest BCUT2D eigenvalue weighted by Gasteiger charge is 2.39. The van der Waals surface area contributed by atoms with Crippen molar-refractivity contribution in [1.82, 2.24) is 0 Å². The lowest BCUT2D eigenvalue weighted by Gasteiger charge is -2.18. The number of carbonyl (C=O) groups is 1. The number of hydrogen-bond donors (Lipinski definition) is 0. The number of benzene rings is 1. The first-order valence-electron chi connectivity index (χ1n) is 5.29. The molecule has 17 heavy (non-hydrogen) atoms. The monoisotopic (exact) mass is 262 g/mol. The maximum atomic E-state index is 12.8. The van der Waals surface area contributed by atoms with Crippen LogP contribution in [-0.2, 0) is 11.0 Å². The summed E-state index contributed by atoms with van der Waals surface area (Å²) in [5.74, 6) is -0.844. The molecule has 1 aromatic rings. The van der Waals surface area contributed by atoms with Gasteiger partial charge in [0.15, 0.2) is 0 Å². The zero-order chi connectivity index (χ0) is 12.6. The van der Waals surface area contributed by atoms with Gasteiger partial charge in [-0.05, 0) is 30.5 Å². The number of alkyl halides is 3. The normalized spacial score (nSPS) is 20.9. The van der Waals surface area contributed by atoms with Gasteiger partial charge in [0.2, 0.25) is 0 Å². The lowest BCUT2D eigenvalue weighted by molar-refractivity contribution is -0.138. The summed E-state index contributed by atoms with van der Waals surface area (Å²) in [5, 5.41) is 0.0278. The van der Waals surface area contributed by atoms with Gasteiger partial charge < -0.3 is 0 Å². The first-order valence-corrected chi connectivity index (χ1v) is 5.67. The highest BCUT2D eigenvalue weighted by atomic mass is 35.5. The number of ketones is 1. The SMILES string of the molecule is O=C1CCCC1c1c(Cl)cccc1C(F)(F)F. The molecule has 0 heterocycles. The second-order valence-electron chi connectivity index (χ2n) is 4.11. The zero-order valence-corrected chi connectivity index (χ0v) is 9.61. The third kappa shape index (κ3) is 2.32. The molecule has 1 aliphatic carbocycles. The van der Waals surface area contributed by atoms with Crippen LogP contribution in [0.4, 0.5) is 13.2 Å². The van der Waals surface area contributed by atoms with Gasteiger partial charge >= 0.3 is 6.18 Å². The Labute approximate surface area is 102 Å². The van der Waals surface area contributed by atoms with Crippen LogP contribution in [0.15, 0.2) is 18.2 Å². The molecule has 0 spiro atoms. The van der Waals surface area contributed by atoms with Crippen molar-refractivity contribution in [2.75, 3.05) is 0 Å². The predicted octanol–water partition coefficient (Wildman–Crippen LogP) is 4.20. The molecule has 0 radical (unpaired) electrons. The van der Waals surface area contributed by atoms with Crippen LogP contribution in [0.5, 0.6) is 0 Å². The Morgan fingerprint density at radius 2 is 2.00 bits per heavy atom. The van der Waals surface area contributed by atoms with Gasteiger partial charge in [-0.25, -0.2) is 0 Å². The number of halogens is 4. The summed E-state index contributed by atoms with van der Waals surface area (Å²) in [5.41, 5.74) is -0.839. The van der Waals surface area contributed by atoms with Gasteiger partial charge in [0.1, 0.15) is 5.78 Å². The van der Waals surface area contributed by atoms with Crippen LogP contribution in [0.2, 0.25) is 5.02 Å². The molecule has 0 bridgehead atoms. The number of Topliss-reactive ketones (excluding diaryl/α,β-unsaturated/α-hetero) is 1. The molecule has 2 rings (SSSR count). The lowest BCUT2D eigenvalue weighted by Crippen LogP contribution is -2.15. The molecular formula is C12H10ClF3O. The van der Waals surface area contributed by atoms with Gasteiger partial charge in [0.25, 0.3) is 0 Å². The molecule has 0 aliphatic heterocycles. The van der Waals surface area contributed by atoms with Gasteiger partial charge in [-0.2, -0.15) is 13.2 Å². The van der Waals surface area contributed by atoms with E-state index in [9.17, 15) is 18.0 Å². The van der Waals surface area contributed by atoms with Crippen molar-refractivity contribution in [1.29, 1.82) is 0 Å². The fraction of sp³-hybridized carbons (Fsp3) is 0.417. The molecule has 1 atom stereocenters. The minimum Gasteiger partial charge on any atom is -0.299 e. The quantitative estimate of drug-likeness (QED) is 0.741. The second kappa shape index (κ2) is 4.33. The van der Waals surface area contributed by atoms with Crippen molar-refractivity contribution in [3.05, 3.63) is 34.3 Å². The molecule has 0 N–H and O–H groups in total. The average molecular weight is 263 g/mol. The van der Waals surface area contributed by atoms with E-state index in [2.05, 4.69) is 0 Å². The molecule has 1 saturated carbocycles. The second-order valence-corrected chi connectivity index (χ2v) is 4.52. The van der Waals surface area contributed by atoms with E-state index in [1.54, 1.807) is 0 Å². The topological polar surface area (TPSA) is 17.1 Å². The van der Waals surface area contributed by atoms with Crippen molar-refractivity contribution < 1.29 is 18.0 Å². The van der Waals surface area contributed by atoms with E-state index in [0.717, 1.165) is 6.07 Å². The Hall–Kier alpha value is -1.03. The van der Waals surface area contributed by atoms with Gasteiger partial charge in [0, 0.05) is 17.4 Å². The molecule has 1 unspecified atom stereocenters. The summed E-state index contributed by atoms with van der Waals surface area (Å²) in [7, 11) is 0. The highest BCUT2D eigenvalue weighted by Crippen LogP contribution is 2.42. The van der Waals surface area contributed by atoms with Crippen LogP contribution < -0.4 is 0 Å². The fourth-order valence-electron chi connectivity index (χ4n) is 2.26. The van der Waals surface area contributed by atoms with Gasteiger partial charge in [-0.3, -0.25) is 4.79 Å². The third-order valence-electron chi connectivity index (χ3n) is 3.01. The lowest BCUT2D eigenvalue weighted by atomic mass is 9.92. The predicted molar refractivity (Wildman–Crippen MR) is 58.1 cm³/mol. The Morgan fingerprint density at radius 3 is 2.53 bits per heavy atom. The summed E-state index contributed by atoms with van der Waals surface area (Å²) in [4.78, 5) is 11.6. The standard InChI is InChI=1S/C12H10ClF3O/c13-9-5-2-4-8(12(14,15)16)11(9)7-3-1-6-10(7)17/h2,4-5,7H,1,3,6H2. The summed E-state index contributed by atoms with van der Waals surface area (Å²) in [6, 6.07) is 3.64. The zero-order valence-electron chi connectivity index (χ0n) is 8.85. The highest BCUT2D eigenvalue weighted by molar-refractivity contribution is 6.31. The fourth-order valence-corrected chi connectivity index (χ4v) is 2.57. The van der Waals surface area contributed by atoms with Crippen molar-refractivity contribution in [3.63, 3.8) is 0 Å². The first kappa shape index (κ1) is 12.4.